The molecule has 1 saturated heterocycles. The summed E-state index contributed by atoms with van der Waals surface area (Å²) < 4.78 is 26.6. The van der Waals surface area contributed by atoms with Crippen LogP contribution in [-0.4, -0.2) is 42.8 Å². The number of rotatable bonds is 3. The number of halogens is 1. The van der Waals surface area contributed by atoms with Crippen molar-refractivity contribution in [3.8, 4) is 0 Å². The molecule has 0 aromatic heterocycles. The van der Waals surface area contributed by atoms with Gasteiger partial charge in [-0.1, -0.05) is 11.6 Å². The molecular formula is C12H16ClN3O4S. The van der Waals surface area contributed by atoms with Crippen LogP contribution in [-0.2, 0) is 10.0 Å². The van der Waals surface area contributed by atoms with Gasteiger partial charge in [0.15, 0.2) is 4.90 Å². The summed E-state index contributed by atoms with van der Waals surface area (Å²) in [6, 6.07) is 3.55. The highest BCUT2D eigenvalue weighted by molar-refractivity contribution is 7.89. The molecule has 2 atom stereocenters. The average Bonchev–Trinajstić information content (AvgIpc) is 2.37. The van der Waals surface area contributed by atoms with Crippen LogP contribution in [0.15, 0.2) is 23.1 Å². The van der Waals surface area contributed by atoms with E-state index < -0.39 is 20.6 Å². The number of nitro groups is 1. The molecule has 0 spiro atoms. The quantitative estimate of drug-likeness (QED) is 0.670. The Morgan fingerprint density at radius 2 is 1.90 bits per heavy atom. The number of hydrogen-bond acceptors (Lipinski definition) is 5. The van der Waals surface area contributed by atoms with Crippen molar-refractivity contribution < 1.29 is 13.3 Å². The normalized spacial score (nSPS) is 24.0. The van der Waals surface area contributed by atoms with E-state index in [2.05, 4.69) is 5.32 Å². The summed E-state index contributed by atoms with van der Waals surface area (Å²) >= 11 is 5.72. The van der Waals surface area contributed by atoms with Gasteiger partial charge in [0.1, 0.15) is 0 Å². The Labute approximate surface area is 128 Å². The Morgan fingerprint density at radius 1 is 1.33 bits per heavy atom. The SMILES string of the molecule is CC1CN(S(=O)(=O)c2ccc(Cl)cc2[N+](=O)[O-])CC(C)N1. The lowest BCUT2D eigenvalue weighted by Crippen LogP contribution is -2.55. The number of hydrogen-bond donors (Lipinski definition) is 1. The molecule has 0 radical (unpaired) electrons. The maximum absolute atomic E-state index is 12.7. The largest absolute Gasteiger partial charge is 0.309 e. The third-order valence-electron chi connectivity index (χ3n) is 3.26. The van der Waals surface area contributed by atoms with Crippen molar-refractivity contribution in [2.45, 2.75) is 30.8 Å². The van der Waals surface area contributed by atoms with Crippen LogP contribution in [0.2, 0.25) is 5.02 Å². The predicted octanol–water partition coefficient (Wildman–Crippen LogP) is 1.62. The first-order chi connectivity index (χ1) is 9.71. The Bertz CT molecular complexity index is 654. The molecule has 9 heteroatoms. The van der Waals surface area contributed by atoms with Crippen molar-refractivity contribution >= 4 is 27.3 Å². The van der Waals surface area contributed by atoms with Crippen LogP contribution in [0, 0.1) is 10.1 Å². The third kappa shape index (κ3) is 3.34. The van der Waals surface area contributed by atoms with Crippen LogP contribution in [0.3, 0.4) is 0 Å². The highest BCUT2D eigenvalue weighted by Gasteiger charge is 2.35. The van der Waals surface area contributed by atoms with E-state index in [1.807, 2.05) is 13.8 Å². The Kier molecular flexibility index (Phi) is 4.52. The minimum Gasteiger partial charge on any atom is -0.309 e. The van der Waals surface area contributed by atoms with Gasteiger partial charge in [-0.05, 0) is 26.0 Å². The van der Waals surface area contributed by atoms with Crippen molar-refractivity contribution in [1.82, 2.24) is 9.62 Å². The fraction of sp³-hybridized carbons (Fsp3) is 0.500. The highest BCUT2D eigenvalue weighted by atomic mass is 35.5. The fourth-order valence-electron chi connectivity index (χ4n) is 2.46. The maximum atomic E-state index is 12.7. The molecule has 21 heavy (non-hydrogen) atoms. The van der Waals surface area contributed by atoms with E-state index in [0.29, 0.717) is 0 Å². The van der Waals surface area contributed by atoms with Crippen LogP contribution >= 0.6 is 11.6 Å². The third-order valence-corrected chi connectivity index (χ3v) is 5.37. The highest BCUT2D eigenvalue weighted by Crippen LogP contribution is 2.30. The lowest BCUT2D eigenvalue weighted by atomic mass is 10.2. The Balaban J connectivity index is 2.47. The first kappa shape index (κ1) is 16.2. The molecule has 0 amide bonds. The molecule has 1 aliphatic rings. The Hall–Kier alpha value is -1.22. The molecule has 1 N–H and O–H groups in total. The standard InChI is InChI=1S/C12H16ClN3O4S/c1-8-6-15(7-9(2)14-8)21(19,20)12-4-3-10(13)5-11(12)16(17)18/h3-5,8-9,14H,6-7H2,1-2H3. The molecule has 116 valence electrons. The number of sulfonamides is 1. The molecule has 1 fully saturated rings. The monoisotopic (exact) mass is 333 g/mol. The molecular weight excluding hydrogens is 318 g/mol. The van der Waals surface area contributed by atoms with Gasteiger partial charge < -0.3 is 5.32 Å². The molecule has 1 aromatic rings. The van der Waals surface area contributed by atoms with Crippen LogP contribution in [0.5, 0.6) is 0 Å². The van der Waals surface area contributed by atoms with Gasteiger partial charge in [-0.15, -0.1) is 0 Å². The molecule has 2 unspecified atom stereocenters. The molecule has 0 aliphatic carbocycles. The van der Waals surface area contributed by atoms with E-state index in [-0.39, 0.29) is 35.1 Å². The molecule has 2 rings (SSSR count). The van der Waals surface area contributed by atoms with E-state index in [0.717, 1.165) is 6.07 Å². The molecule has 7 nitrogen and oxygen atoms in total. The van der Waals surface area contributed by atoms with Crippen molar-refractivity contribution in [1.29, 1.82) is 0 Å². The molecule has 1 aromatic carbocycles. The van der Waals surface area contributed by atoms with Gasteiger partial charge in [0.25, 0.3) is 5.69 Å². The number of benzene rings is 1. The predicted molar refractivity (Wildman–Crippen MR) is 78.9 cm³/mol. The second-order valence-corrected chi connectivity index (χ2v) is 7.50. The minimum atomic E-state index is -3.93. The topological polar surface area (TPSA) is 92.5 Å². The van der Waals surface area contributed by atoms with Crippen molar-refractivity contribution in [2.75, 3.05) is 13.1 Å². The van der Waals surface area contributed by atoms with E-state index in [1.165, 1.54) is 16.4 Å². The zero-order valence-corrected chi connectivity index (χ0v) is 13.2. The van der Waals surface area contributed by atoms with Gasteiger partial charge >= 0.3 is 0 Å². The first-order valence-corrected chi connectivity index (χ1v) is 8.23. The lowest BCUT2D eigenvalue weighted by Gasteiger charge is -2.35. The van der Waals surface area contributed by atoms with Crippen LogP contribution in [0.1, 0.15) is 13.8 Å². The fourth-order valence-corrected chi connectivity index (χ4v) is 4.39. The lowest BCUT2D eigenvalue weighted by molar-refractivity contribution is -0.387. The number of nitrogens with zero attached hydrogens (tertiary/aromatic N) is 2. The maximum Gasteiger partial charge on any atom is 0.290 e. The number of nitrogens with one attached hydrogen (secondary N) is 1. The summed E-state index contributed by atoms with van der Waals surface area (Å²) in [6.45, 7) is 4.28. The van der Waals surface area contributed by atoms with Crippen LogP contribution in [0.4, 0.5) is 5.69 Å². The summed E-state index contributed by atoms with van der Waals surface area (Å²) in [5, 5.41) is 14.4. The zero-order valence-electron chi connectivity index (χ0n) is 11.6. The summed E-state index contributed by atoms with van der Waals surface area (Å²) in [5.41, 5.74) is -0.499. The van der Waals surface area contributed by atoms with Gasteiger partial charge in [-0.3, -0.25) is 10.1 Å². The Morgan fingerprint density at radius 3 is 2.43 bits per heavy atom. The summed E-state index contributed by atoms with van der Waals surface area (Å²) in [7, 11) is -3.93. The molecule has 1 heterocycles. The number of piperazine rings is 1. The second-order valence-electron chi connectivity index (χ2n) is 5.16. The van der Waals surface area contributed by atoms with E-state index in [4.69, 9.17) is 11.6 Å². The smallest absolute Gasteiger partial charge is 0.290 e. The summed E-state index contributed by atoms with van der Waals surface area (Å²) in [6.07, 6.45) is 0. The average molecular weight is 334 g/mol. The van der Waals surface area contributed by atoms with Gasteiger partial charge in [-0.2, -0.15) is 4.31 Å². The van der Waals surface area contributed by atoms with E-state index >= 15 is 0 Å². The first-order valence-electron chi connectivity index (χ1n) is 6.42. The zero-order chi connectivity index (χ0) is 15.8. The van der Waals surface area contributed by atoms with Crippen molar-refractivity contribution in [2.24, 2.45) is 0 Å². The van der Waals surface area contributed by atoms with Crippen LogP contribution < -0.4 is 5.32 Å². The molecule has 0 saturated carbocycles. The van der Waals surface area contributed by atoms with Gasteiger partial charge in [0, 0.05) is 36.3 Å². The second kappa shape index (κ2) is 5.88. The van der Waals surface area contributed by atoms with Crippen LogP contribution in [0.25, 0.3) is 0 Å². The molecule has 1 aliphatic heterocycles. The molecule has 0 bridgehead atoms. The minimum absolute atomic E-state index is 0.0186. The van der Waals surface area contributed by atoms with Gasteiger partial charge in [-0.25, -0.2) is 8.42 Å². The van der Waals surface area contributed by atoms with E-state index in [9.17, 15) is 18.5 Å². The van der Waals surface area contributed by atoms with Crippen molar-refractivity contribution in [3.63, 3.8) is 0 Å². The van der Waals surface area contributed by atoms with Crippen molar-refractivity contribution in [3.05, 3.63) is 33.3 Å². The van der Waals surface area contributed by atoms with E-state index in [1.54, 1.807) is 0 Å². The van der Waals surface area contributed by atoms with Gasteiger partial charge in [0.05, 0.1) is 4.92 Å². The summed E-state index contributed by atoms with van der Waals surface area (Å²) in [4.78, 5) is 10.0. The number of nitro benzene ring substituents is 1. The van der Waals surface area contributed by atoms with Gasteiger partial charge in [0.2, 0.25) is 10.0 Å². The summed E-state index contributed by atoms with van der Waals surface area (Å²) in [5.74, 6) is 0.